The molecule has 0 aromatic carbocycles. The van der Waals surface area contributed by atoms with Crippen LogP contribution in [-0.2, 0) is 0 Å². The molecule has 2 bridgehead atoms. The molecule has 0 aliphatic heterocycles. The maximum absolute atomic E-state index is 9.61. The van der Waals surface area contributed by atoms with Crippen LogP contribution in [0.3, 0.4) is 0 Å². The van der Waals surface area contributed by atoms with Crippen LogP contribution in [0.15, 0.2) is 0 Å². The highest BCUT2D eigenvalue weighted by molar-refractivity contribution is 5.02. The van der Waals surface area contributed by atoms with Crippen molar-refractivity contribution in [1.82, 2.24) is 0 Å². The molecular formula is C15H26O2. The highest BCUT2D eigenvalue weighted by atomic mass is 16.3. The van der Waals surface area contributed by atoms with E-state index in [0.717, 1.165) is 23.7 Å². The van der Waals surface area contributed by atoms with Crippen LogP contribution in [0.25, 0.3) is 0 Å². The van der Waals surface area contributed by atoms with Crippen molar-refractivity contribution in [3.8, 4) is 0 Å². The van der Waals surface area contributed by atoms with Crippen LogP contribution in [-0.4, -0.2) is 23.4 Å². The van der Waals surface area contributed by atoms with E-state index in [1.165, 1.54) is 38.5 Å². The third-order valence-corrected chi connectivity index (χ3v) is 6.03. The van der Waals surface area contributed by atoms with Crippen LogP contribution >= 0.6 is 0 Å². The Balaban J connectivity index is 1.77. The smallest absolute Gasteiger partial charge is 0.0484 e. The topological polar surface area (TPSA) is 40.5 Å². The van der Waals surface area contributed by atoms with Gasteiger partial charge in [0, 0.05) is 13.2 Å². The number of aliphatic hydroxyl groups excluding tert-OH is 2. The Hall–Kier alpha value is -0.0800. The zero-order valence-corrected chi connectivity index (χ0v) is 10.9. The minimum Gasteiger partial charge on any atom is -0.396 e. The SMILES string of the molecule is CC1(CO)CC2CC(C1)C1CC(CO)CCC21. The molecule has 2 N–H and O–H groups in total. The molecule has 6 unspecified atom stereocenters. The molecule has 3 aliphatic carbocycles. The molecule has 3 fully saturated rings. The molecule has 3 rings (SSSR count). The zero-order valence-electron chi connectivity index (χ0n) is 10.9. The molecule has 2 nitrogen and oxygen atoms in total. The molecule has 0 aromatic rings. The molecule has 6 atom stereocenters. The Morgan fingerprint density at radius 1 is 1.00 bits per heavy atom. The Kier molecular flexibility index (Phi) is 2.99. The van der Waals surface area contributed by atoms with Gasteiger partial charge in [-0.15, -0.1) is 0 Å². The lowest BCUT2D eigenvalue weighted by Crippen LogP contribution is -2.30. The molecule has 98 valence electrons. The summed E-state index contributed by atoms with van der Waals surface area (Å²) >= 11 is 0. The average molecular weight is 238 g/mol. The number of hydrogen-bond donors (Lipinski definition) is 2. The van der Waals surface area contributed by atoms with Gasteiger partial charge < -0.3 is 10.2 Å². The Morgan fingerprint density at radius 3 is 2.35 bits per heavy atom. The number of aliphatic hydroxyl groups is 2. The predicted molar refractivity (Wildman–Crippen MR) is 67.4 cm³/mol. The molecule has 0 saturated heterocycles. The largest absolute Gasteiger partial charge is 0.396 e. The van der Waals surface area contributed by atoms with E-state index < -0.39 is 0 Å². The summed E-state index contributed by atoms with van der Waals surface area (Å²) in [6, 6.07) is 0. The van der Waals surface area contributed by atoms with Crippen molar-refractivity contribution in [1.29, 1.82) is 0 Å². The number of hydrogen-bond acceptors (Lipinski definition) is 2. The summed E-state index contributed by atoms with van der Waals surface area (Å²) in [4.78, 5) is 0. The number of fused-ring (bicyclic) bond motifs is 5. The lowest BCUT2D eigenvalue weighted by molar-refractivity contribution is 0.0617. The van der Waals surface area contributed by atoms with E-state index >= 15 is 0 Å². The number of rotatable bonds is 2. The second kappa shape index (κ2) is 4.24. The highest BCUT2D eigenvalue weighted by Crippen LogP contribution is 2.60. The predicted octanol–water partition coefficient (Wildman–Crippen LogP) is 2.44. The first-order valence-corrected chi connectivity index (χ1v) is 7.37. The average Bonchev–Trinajstić information content (AvgIpc) is 2.61. The van der Waals surface area contributed by atoms with E-state index in [1.54, 1.807) is 0 Å². The Morgan fingerprint density at radius 2 is 1.71 bits per heavy atom. The van der Waals surface area contributed by atoms with E-state index in [2.05, 4.69) is 6.92 Å². The van der Waals surface area contributed by atoms with E-state index in [1.807, 2.05) is 0 Å². The minimum atomic E-state index is 0.194. The standard InChI is InChI=1S/C15H26O2/c1-15(9-17)6-11-5-12(7-15)14-4-10(8-16)2-3-13(11)14/h10-14,16-17H,2-9H2,1H3. The first-order valence-electron chi connectivity index (χ1n) is 7.37. The fourth-order valence-electron chi connectivity index (χ4n) is 5.30. The maximum Gasteiger partial charge on any atom is 0.0484 e. The quantitative estimate of drug-likeness (QED) is 0.775. The van der Waals surface area contributed by atoms with Gasteiger partial charge in [0.15, 0.2) is 0 Å². The second-order valence-electron chi connectivity index (χ2n) is 7.32. The van der Waals surface area contributed by atoms with Gasteiger partial charge in [-0.05, 0) is 73.5 Å². The highest BCUT2D eigenvalue weighted by Gasteiger charge is 2.52. The van der Waals surface area contributed by atoms with Crippen molar-refractivity contribution < 1.29 is 10.2 Å². The zero-order chi connectivity index (χ0) is 12.0. The molecule has 0 aromatic heterocycles. The third kappa shape index (κ3) is 1.94. The van der Waals surface area contributed by atoms with E-state index in [4.69, 9.17) is 0 Å². The summed E-state index contributed by atoms with van der Waals surface area (Å²) in [5, 5.41) is 19.0. The molecule has 3 aliphatic rings. The molecule has 17 heavy (non-hydrogen) atoms. The van der Waals surface area contributed by atoms with Gasteiger partial charge in [-0.1, -0.05) is 6.92 Å². The lowest BCUT2D eigenvalue weighted by atomic mass is 9.70. The Bertz CT molecular complexity index is 291. The normalized spacial score (nSPS) is 53.5. The van der Waals surface area contributed by atoms with Crippen LogP contribution in [0, 0.1) is 35.0 Å². The summed E-state index contributed by atoms with van der Waals surface area (Å²) in [5.74, 6) is 4.05. The van der Waals surface area contributed by atoms with Gasteiger partial charge in [0.2, 0.25) is 0 Å². The van der Waals surface area contributed by atoms with Crippen LogP contribution in [0.5, 0.6) is 0 Å². The van der Waals surface area contributed by atoms with Gasteiger partial charge in [-0.2, -0.15) is 0 Å². The monoisotopic (exact) mass is 238 g/mol. The van der Waals surface area contributed by atoms with Crippen molar-refractivity contribution in [2.24, 2.45) is 35.0 Å². The summed E-state index contributed by atoms with van der Waals surface area (Å²) in [6.07, 6.45) is 7.69. The molecule has 0 amide bonds. The van der Waals surface area contributed by atoms with Crippen molar-refractivity contribution in [2.45, 2.75) is 45.4 Å². The molecule has 0 spiro atoms. The second-order valence-corrected chi connectivity index (χ2v) is 7.32. The minimum absolute atomic E-state index is 0.194. The van der Waals surface area contributed by atoms with Crippen molar-refractivity contribution in [3.63, 3.8) is 0 Å². The summed E-state index contributed by atoms with van der Waals surface area (Å²) in [5.41, 5.74) is 0.194. The van der Waals surface area contributed by atoms with Gasteiger partial charge in [-0.3, -0.25) is 0 Å². The summed E-state index contributed by atoms with van der Waals surface area (Å²) in [6.45, 7) is 3.02. The molecule has 0 heterocycles. The fraction of sp³-hybridized carbons (Fsp3) is 1.00. The van der Waals surface area contributed by atoms with Crippen LogP contribution in [0.4, 0.5) is 0 Å². The summed E-state index contributed by atoms with van der Waals surface area (Å²) < 4.78 is 0. The van der Waals surface area contributed by atoms with Gasteiger partial charge in [0.25, 0.3) is 0 Å². The van der Waals surface area contributed by atoms with Crippen LogP contribution < -0.4 is 0 Å². The lowest BCUT2D eigenvalue weighted by Gasteiger charge is -2.37. The summed E-state index contributed by atoms with van der Waals surface area (Å²) in [7, 11) is 0. The van der Waals surface area contributed by atoms with Gasteiger partial charge in [0.1, 0.15) is 0 Å². The van der Waals surface area contributed by atoms with Crippen LogP contribution in [0.1, 0.15) is 45.4 Å². The Labute approximate surface area is 104 Å². The van der Waals surface area contributed by atoms with Crippen molar-refractivity contribution >= 4 is 0 Å². The third-order valence-electron chi connectivity index (χ3n) is 6.03. The van der Waals surface area contributed by atoms with Gasteiger partial charge in [0.05, 0.1) is 0 Å². The van der Waals surface area contributed by atoms with Crippen molar-refractivity contribution in [3.05, 3.63) is 0 Å². The van der Waals surface area contributed by atoms with Crippen molar-refractivity contribution in [2.75, 3.05) is 13.2 Å². The van der Waals surface area contributed by atoms with E-state index in [-0.39, 0.29) is 5.41 Å². The maximum atomic E-state index is 9.61. The molecule has 2 heteroatoms. The van der Waals surface area contributed by atoms with E-state index in [0.29, 0.717) is 19.1 Å². The first kappa shape index (κ1) is 12.0. The van der Waals surface area contributed by atoms with Gasteiger partial charge in [-0.25, -0.2) is 0 Å². The van der Waals surface area contributed by atoms with E-state index in [9.17, 15) is 10.2 Å². The molecule has 0 radical (unpaired) electrons. The van der Waals surface area contributed by atoms with Gasteiger partial charge >= 0.3 is 0 Å². The molecule has 3 saturated carbocycles. The van der Waals surface area contributed by atoms with Crippen LogP contribution in [0.2, 0.25) is 0 Å². The molecular weight excluding hydrogens is 212 g/mol. The fourth-order valence-corrected chi connectivity index (χ4v) is 5.30. The first-order chi connectivity index (χ1) is 8.15.